The second-order valence-electron chi connectivity index (χ2n) is 20.0. The lowest BCUT2D eigenvalue weighted by Gasteiger charge is -2.21. The first-order valence-electron chi connectivity index (χ1n) is 29.3. The maximum Gasteiger partial charge on any atom is 0.472 e. The second-order valence-corrected chi connectivity index (χ2v) is 22.9. The molecule has 0 bridgehead atoms. The van der Waals surface area contributed by atoms with Gasteiger partial charge in [-0.15, -0.1) is 0 Å². The SMILES string of the molecule is CCCCCCCCCCCCCCCCCCC(=O)O[C@H](COC(=O)CCCCCCCCCC)COP(=O)(O)OC[C@@H](O)COP(=O)(O)OC[C@@H](COC(=O)CCCCCCC)OC(=O)CCCCCCC. The quantitative estimate of drug-likeness (QED) is 0.0222. The Kier molecular flexibility index (Phi) is 49.2. The van der Waals surface area contributed by atoms with Crippen LogP contribution in [0.5, 0.6) is 0 Å². The number of hydrogen-bond acceptors (Lipinski definition) is 15. The minimum Gasteiger partial charge on any atom is -0.462 e. The minimum atomic E-state index is -4.93. The molecule has 0 aromatic heterocycles. The number of phosphoric acid groups is 2. The molecule has 0 amide bonds. The summed E-state index contributed by atoms with van der Waals surface area (Å²) in [5.74, 6) is -2.17. The molecule has 0 aliphatic carbocycles. The predicted octanol–water partition coefficient (Wildman–Crippen LogP) is 14.4. The molecule has 74 heavy (non-hydrogen) atoms. The highest BCUT2D eigenvalue weighted by molar-refractivity contribution is 7.47. The number of hydrogen-bond donors (Lipinski definition) is 3. The van der Waals surface area contributed by atoms with Crippen molar-refractivity contribution in [3.63, 3.8) is 0 Å². The minimum absolute atomic E-state index is 0.0990. The number of unbranched alkanes of at least 4 members (excludes halogenated alkanes) is 30. The van der Waals surface area contributed by atoms with Crippen LogP contribution in [0.15, 0.2) is 0 Å². The highest BCUT2D eigenvalue weighted by atomic mass is 31.2. The Bertz CT molecular complexity index is 1450. The molecule has 0 aromatic carbocycles. The van der Waals surface area contributed by atoms with E-state index in [-0.39, 0.29) is 25.7 Å². The van der Waals surface area contributed by atoms with Crippen LogP contribution in [0, 0.1) is 0 Å². The Morgan fingerprint density at radius 1 is 0.324 bits per heavy atom. The Morgan fingerprint density at radius 3 is 0.797 bits per heavy atom. The van der Waals surface area contributed by atoms with Crippen LogP contribution in [-0.4, -0.2) is 96.7 Å². The number of aliphatic hydroxyl groups is 1. The van der Waals surface area contributed by atoms with Crippen LogP contribution in [0.2, 0.25) is 0 Å². The molecule has 5 atom stereocenters. The molecule has 19 heteroatoms. The summed E-state index contributed by atoms with van der Waals surface area (Å²) in [5, 5.41) is 10.4. The maximum absolute atomic E-state index is 12.9. The lowest BCUT2D eigenvalue weighted by atomic mass is 10.0. The standard InChI is InChI=1S/C55H106O17P2/c1-5-9-13-17-19-21-22-23-24-25-26-27-28-30-34-38-42-55(60)72-51(46-66-53(58)40-36-33-29-20-18-14-10-6-2)48-70-74(63,64)68-44-49(56)43-67-73(61,62)69-47-50(71-54(59)41-37-32-16-12-8-4)45-65-52(57)39-35-31-15-11-7-3/h49-51,56H,5-48H2,1-4H3,(H,61,62)(H,63,64)/t49-,50+,51+/m0/s1. The molecule has 0 saturated carbocycles. The molecule has 0 aliphatic rings. The summed E-state index contributed by atoms with van der Waals surface area (Å²) in [6.45, 7) is 4.62. The van der Waals surface area contributed by atoms with E-state index < -0.39 is 97.5 Å². The monoisotopic (exact) mass is 1100 g/mol. The number of aliphatic hydroxyl groups excluding tert-OH is 1. The van der Waals surface area contributed by atoms with Crippen LogP contribution in [0.4, 0.5) is 0 Å². The van der Waals surface area contributed by atoms with E-state index in [1.54, 1.807) is 0 Å². The summed E-state index contributed by atoms with van der Waals surface area (Å²) in [4.78, 5) is 71.2. The zero-order valence-electron chi connectivity index (χ0n) is 46.8. The zero-order chi connectivity index (χ0) is 54.8. The van der Waals surface area contributed by atoms with Gasteiger partial charge < -0.3 is 33.8 Å². The van der Waals surface area contributed by atoms with Gasteiger partial charge in [-0.05, 0) is 25.7 Å². The third-order valence-corrected chi connectivity index (χ3v) is 14.5. The van der Waals surface area contributed by atoms with Crippen molar-refractivity contribution >= 4 is 39.5 Å². The fourth-order valence-electron chi connectivity index (χ4n) is 8.04. The summed E-state index contributed by atoms with van der Waals surface area (Å²) < 4.78 is 67.1. The summed E-state index contributed by atoms with van der Waals surface area (Å²) in [6, 6.07) is 0. The van der Waals surface area contributed by atoms with E-state index in [4.69, 9.17) is 37.0 Å². The van der Waals surface area contributed by atoms with E-state index in [0.29, 0.717) is 25.7 Å². The summed E-state index contributed by atoms with van der Waals surface area (Å²) in [6.07, 6.45) is 32.9. The third kappa shape index (κ3) is 49.6. The highest BCUT2D eigenvalue weighted by Crippen LogP contribution is 2.45. The van der Waals surface area contributed by atoms with E-state index in [0.717, 1.165) is 103 Å². The first kappa shape index (κ1) is 72.1. The van der Waals surface area contributed by atoms with E-state index >= 15 is 0 Å². The van der Waals surface area contributed by atoms with Gasteiger partial charge in [0, 0.05) is 25.7 Å². The van der Waals surface area contributed by atoms with Gasteiger partial charge in [-0.25, -0.2) is 9.13 Å². The van der Waals surface area contributed by atoms with E-state index in [9.17, 15) is 43.2 Å². The highest BCUT2D eigenvalue weighted by Gasteiger charge is 2.30. The molecule has 438 valence electrons. The number of carbonyl (C=O) groups excluding carboxylic acids is 4. The van der Waals surface area contributed by atoms with Gasteiger partial charge in [-0.1, -0.05) is 220 Å². The largest absolute Gasteiger partial charge is 0.472 e. The van der Waals surface area contributed by atoms with Crippen molar-refractivity contribution < 1.29 is 80.2 Å². The molecule has 0 heterocycles. The number of esters is 4. The Labute approximate surface area is 447 Å². The Hall–Kier alpha value is -1.94. The molecule has 0 saturated heterocycles. The predicted molar refractivity (Wildman–Crippen MR) is 289 cm³/mol. The van der Waals surface area contributed by atoms with Crippen LogP contribution in [0.25, 0.3) is 0 Å². The number of rotatable bonds is 56. The van der Waals surface area contributed by atoms with E-state index in [1.807, 2.05) is 0 Å². The summed E-state index contributed by atoms with van der Waals surface area (Å²) in [5.41, 5.74) is 0. The molecule has 2 unspecified atom stereocenters. The molecule has 3 N–H and O–H groups in total. The summed E-state index contributed by atoms with van der Waals surface area (Å²) >= 11 is 0. The normalized spacial score (nSPS) is 14.4. The fraction of sp³-hybridized carbons (Fsp3) is 0.927. The summed E-state index contributed by atoms with van der Waals surface area (Å²) in [7, 11) is -9.84. The van der Waals surface area contributed by atoms with Gasteiger partial charge in [0.05, 0.1) is 26.4 Å². The topological polar surface area (TPSA) is 237 Å². The Morgan fingerprint density at radius 2 is 0.541 bits per heavy atom. The number of ether oxygens (including phenoxy) is 4. The van der Waals surface area contributed by atoms with Crippen LogP contribution < -0.4 is 0 Å². The second kappa shape index (κ2) is 50.6. The fourth-order valence-corrected chi connectivity index (χ4v) is 9.62. The van der Waals surface area contributed by atoms with Crippen molar-refractivity contribution in [3.8, 4) is 0 Å². The molecule has 0 aromatic rings. The van der Waals surface area contributed by atoms with Gasteiger partial charge in [-0.3, -0.25) is 37.3 Å². The van der Waals surface area contributed by atoms with Gasteiger partial charge in [0.1, 0.15) is 19.3 Å². The van der Waals surface area contributed by atoms with Crippen molar-refractivity contribution in [1.29, 1.82) is 0 Å². The lowest BCUT2D eigenvalue weighted by molar-refractivity contribution is -0.161. The van der Waals surface area contributed by atoms with Crippen molar-refractivity contribution in [2.24, 2.45) is 0 Å². The first-order chi connectivity index (χ1) is 35.7. The number of carbonyl (C=O) groups is 4. The molecule has 0 aliphatic heterocycles. The molecule has 0 fully saturated rings. The smallest absolute Gasteiger partial charge is 0.462 e. The van der Waals surface area contributed by atoms with Crippen LogP contribution in [-0.2, 0) is 65.4 Å². The van der Waals surface area contributed by atoms with Gasteiger partial charge in [0.2, 0.25) is 0 Å². The molecule has 17 nitrogen and oxygen atoms in total. The third-order valence-electron chi connectivity index (χ3n) is 12.6. The van der Waals surface area contributed by atoms with E-state index in [1.165, 1.54) is 89.9 Å². The van der Waals surface area contributed by atoms with Gasteiger partial charge in [0.25, 0.3) is 0 Å². The van der Waals surface area contributed by atoms with Crippen molar-refractivity contribution in [3.05, 3.63) is 0 Å². The van der Waals surface area contributed by atoms with E-state index in [2.05, 4.69) is 27.7 Å². The lowest BCUT2D eigenvalue weighted by Crippen LogP contribution is -2.30. The molecular formula is C55H106O17P2. The van der Waals surface area contributed by atoms with Crippen molar-refractivity contribution in [1.82, 2.24) is 0 Å². The van der Waals surface area contributed by atoms with Gasteiger partial charge in [-0.2, -0.15) is 0 Å². The molecular weight excluding hydrogens is 995 g/mol. The van der Waals surface area contributed by atoms with Crippen molar-refractivity contribution in [2.45, 2.75) is 290 Å². The van der Waals surface area contributed by atoms with Crippen LogP contribution in [0.3, 0.4) is 0 Å². The average molecular weight is 1100 g/mol. The average Bonchev–Trinajstić information content (AvgIpc) is 3.37. The van der Waals surface area contributed by atoms with Gasteiger partial charge >= 0.3 is 39.5 Å². The van der Waals surface area contributed by atoms with Crippen LogP contribution >= 0.6 is 15.6 Å². The Balaban J connectivity index is 5.08. The molecule has 0 radical (unpaired) electrons. The zero-order valence-corrected chi connectivity index (χ0v) is 48.6. The first-order valence-corrected chi connectivity index (χ1v) is 32.3. The van der Waals surface area contributed by atoms with Crippen LogP contribution in [0.1, 0.15) is 272 Å². The maximum atomic E-state index is 12.9. The number of phosphoric ester groups is 2. The van der Waals surface area contributed by atoms with Gasteiger partial charge in [0.15, 0.2) is 12.2 Å². The molecule has 0 spiro atoms. The molecule has 0 rings (SSSR count). The van der Waals surface area contributed by atoms with Crippen molar-refractivity contribution in [2.75, 3.05) is 39.6 Å².